The average molecular weight is 398 g/mol. The molecule has 2 rings (SSSR count). The fourth-order valence-electron chi connectivity index (χ4n) is 1.53. The first kappa shape index (κ1) is 17.9. The lowest BCUT2D eigenvalue weighted by atomic mass is 10.1. The minimum Gasteiger partial charge on any atom is -0.390 e. The molecule has 0 unspecified atom stereocenters. The molecule has 18 nitrogen and oxygen atoms in total. The Morgan fingerprint density at radius 2 is 1.04 bits per heavy atom. The Balaban J connectivity index is 2.75. The van der Waals surface area contributed by atoms with Crippen LogP contribution in [-0.2, 0) is 0 Å². The van der Waals surface area contributed by atoms with Gasteiger partial charge in [0.1, 0.15) is 0 Å². The lowest BCUT2D eigenvalue weighted by Gasteiger charge is -2.16. The topological polar surface area (TPSA) is 234 Å². The van der Waals surface area contributed by atoms with Crippen LogP contribution in [-0.4, -0.2) is 54.3 Å². The predicted molar refractivity (Wildman–Crippen MR) is 74.9 cm³/mol. The van der Waals surface area contributed by atoms with Gasteiger partial charge in [-0.1, -0.05) is 0 Å². The highest BCUT2D eigenvalue weighted by molar-refractivity contribution is 7.43. The van der Waals surface area contributed by atoms with Crippen molar-refractivity contribution in [2.75, 3.05) is 0 Å². The molecule has 0 saturated heterocycles. The van der Waals surface area contributed by atoms with Gasteiger partial charge in [-0.3, -0.25) is 22.9 Å². The smallest absolute Gasteiger partial charge is 0.390 e. The first-order valence-electron chi connectivity index (χ1n) is 5.50. The Bertz CT molecular complexity index is 848. The van der Waals surface area contributed by atoms with Crippen LogP contribution in [0.5, 0.6) is 0 Å². The van der Waals surface area contributed by atoms with Crippen LogP contribution in [0.25, 0.3) is 0 Å². The van der Waals surface area contributed by atoms with E-state index in [2.05, 4.69) is 20.2 Å². The Morgan fingerprint density at radius 3 is 1.28 bits per heavy atom. The molecule has 2 aromatic rings. The Morgan fingerprint density at radius 1 is 0.720 bits per heavy atom. The van der Waals surface area contributed by atoms with Gasteiger partial charge in [0.2, 0.25) is 0 Å². The van der Waals surface area contributed by atoms with Gasteiger partial charge in [-0.15, -0.1) is 0 Å². The molecule has 132 valence electrons. The molecular weight excluding hydrogens is 398 g/mol. The second-order valence-corrected chi connectivity index (χ2v) is 5.37. The molecule has 21 heteroatoms. The SMILES string of the molecule is O=[N+]([O-])c1nc([N+](=O)[O-])n([B-](Cl)(Cl)n2nc([N+](=O)[O-])nc2[N+](=O)[O-])n1. The van der Waals surface area contributed by atoms with Gasteiger partial charge in [0.15, 0.2) is 0 Å². The molecule has 2 heterocycles. The van der Waals surface area contributed by atoms with E-state index in [1.54, 1.807) is 0 Å². The van der Waals surface area contributed by atoms with E-state index < -0.39 is 48.7 Å². The number of rotatable bonds is 6. The van der Waals surface area contributed by atoms with Crippen molar-refractivity contribution in [1.82, 2.24) is 29.4 Å². The molecule has 2 aromatic heterocycles. The summed E-state index contributed by atoms with van der Waals surface area (Å²) in [5, 5.41) is 45.5. The molecule has 25 heavy (non-hydrogen) atoms. The van der Waals surface area contributed by atoms with Crippen molar-refractivity contribution in [3.63, 3.8) is 0 Å². The van der Waals surface area contributed by atoms with Gasteiger partial charge < -0.3 is 40.5 Å². The molecule has 0 fully saturated rings. The molecule has 0 aromatic carbocycles. The van der Waals surface area contributed by atoms with Crippen molar-refractivity contribution in [3.05, 3.63) is 40.5 Å². The van der Waals surface area contributed by atoms with E-state index in [1.807, 2.05) is 0 Å². The normalized spacial score (nSPS) is 11.3. The molecule has 0 aliphatic carbocycles. The van der Waals surface area contributed by atoms with Gasteiger partial charge in [-0.25, -0.2) is 0 Å². The summed E-state index contributed by atoms with van der Waals surface area (Å²) in [6.07, 6.45) is 0. The molecule has 0 radical (unpaired) electrons. The number of nitrogens with zero attached hydrogens (tertiary/aromatic N) is 10. The van der Waals surface area contributed by atoms with Crippen LogP contribution in [0.15, 0.2) is 0 Å². The third kappa shape index (κ3) is 2.99. The maximum Gasteiger partial charge on any atom is 0.563 e. The second kappa shape index (κ2) is 5.87. The first-order valence-corrected chi connectivity index (χ1v) is 6.37. The van der Waals surface area contributed by atoms with E-state index in [1.165, 1.54) is 0 Å². The van der Waals surface area contributed by atoms with E-state index >= 15 is 0 Å². The highest BCUT2D eigenvalue weighted by Gasteiger charge is 2.50. The highest BCUT2D eigenvalue weighted by atomic mass is 35.5. The van der Waals surface area contributed by atoms with Gasteiger partial charge in [-0.2, -0.15) is 9.19 Å². The summed E-state index contributed by atoms with van der Waals surface area (Å²) >= 11 is 11.6. The van der Waals surface area contributed by atoms with Crippen LogP contribution < -0.4 is 0 Å². The zero-order valence-corrected chi connectivity index (χ0v) is 12.6. The summed E-state index contributed by atoms with van der Waals surface area (Å²) < 4.78 is -0.0701. The molecule has 0 aliphatic heterocycles. The maximum atomic E-state index is 10.9. The van der Waals surface area contributed by atoms with Crippen LogP contribution in [0.2, 0.25) is 0 Å². The van der Waals surface area contributed by atoms with Crippen LogP contribution in [0, 0.1) is 40.5 Å². The zero-order chi connectivity index (χ0) is 19.1. The third-order valence-corrected chi connectivity index (χ3v) is 3.19. The summed E-state index contributed by atoms with van der Waals surface area (Å²) in [6, 6.07) is 0. The Kier molecular flexibility index (Phi) is 4.19. The zero-order valence-electron chi connectivity index (χ0n) is 11.1. The van der Waals surface area contributed by atoms with Gasteiger partial charge >= 0.3 is 29.0 Å². The van der Waals surface area contributed by atoms with Crippen LogP contribution in [0.4, 0.5) is 23.8 Å². The largest absolute Gasteiger partial charge is 0.563 e. The van der Waals surface area contributed by atoms with E-state index in [0.717, 1.165) is 0 Å². The first-order chi connectivity index (χ1) is 11.5. The third-order valence-electron chi connectivity index (χ3n) is 2.45. The van der Waals surface area contributed by atoms with Gasteiger partial charge in [-0.05, 0) is 19.7 Å². The van der Waals surface area contributed by atoms with Gasteiger partial charge in [0, 0.05) is 9.97 Å². The van der Waals surface area contributed by atoms with Gasteiger partial charge in [0.05, 0.1) is 10.2 Å². The van der Waals surface area contributed by atoms with Crippen LogP contribution in [0.1, 0.15) is 0 Å². The standard InChI is InChI=1S/C4BCl2N10O8/c6-5(7,12-3(16(22)23)8-1(10-12)14(18)19)13-4(17(24)25)9-2(11-13)15(20)21/q-1. The fourth-order valence-corrected chi connectivity index (χ4v) is 2.06. The van der Waals surface area contributed by atoms with Crippen molar-refractivity contribution in [2.45, 2.75) is 0 Å². The fraction of sp³-hybridized carbons (Fsp3) is 0. The second-order valence-electron chi connectivity index (χ2n) is 3.93. The maximum absolute atomic E-state index is 10.9. The van der Waals surface area contributed by atoms with E-state index in [0.29, 0.717) is 0 Å². The number of hydrogen-bond acceptors (Lipinski definition) is 12. The Labute approximate surface area is 142 Å². The molecule has 0 spiro atoms. The number of aromatic nitrogens is 6. The van der Waals surface area contributed by atoms with E-state index in [4.69, 9.17) is 22.9 Å². The van der Waals surface area contributed by atoms with Crippen molar-refractivity contribution in [1.29, 1.82) is 0 Å². The Hall–Kier alpha value is -3.48. The minimum atomic E-state index is -3.81. The summed E-state index contributed by atoms with van der Waals surface area (Å²) in [4.78, 5) is 44.1. The molecule has 0 amide bonds. The number of hydrogen-bond donors (Lipinski definition) is 0. The van der Waals surface area contributed by atoms with Crippen LogP contribution in [0.3, 0.4) is 0 Å². The lowest BCUT2D eigenvalue weighted by molar-refractivity contribution is -0.403. The molecule has 0 saturated carbocycles. The lowest BCUT2D eigenvalue weighted by Crippen LogP contribution is -2.43. The molecular formula is C4BCl2N10O8-. The van der Waals surface area contributed by atoms with E-state index in [-0.39, 0.29) is 9.19 Å². The molecule has 0 aliphatic rings. The van der Waals surface area contributed by atoms with Crippen molar-refractivity contribution in [2.24, 2.45) is 0 Å². The minimum absolute atomic E-state index is 0.0351. The van der Waals surface area contributed by atoms with Crippen molar-refractivity contribution < 1.29 is 19.7 Å². The predicted octanol–water partition coefficient (Wildman–Crippen LogP) is -0.188. The molecule has 0 N–H and O–H groups in total. The van der Waals surface area contributed by atoms with Crippen LogP contribution >= 0.6 is 22.9 Å². The number of nitro groups is 4. The van der Waals surface area contributed by atoms with E-state index in [9.17, 15) is 40.5 Å². The van der Waals surface area contributed by atoms with Gasteiger partial charge in [0.25, 0.3) is 0 Å². The summed E-state index contributed by atoms with van der Waals surface area (Å²) in [6.45, 7) is 0. The summed E-state index contributed by atoms with van der Waals surface area (Å²) in [5.74, 6) is -5.30. The molecule has 0 bridgehead atoms. The highest BCUT2D eigenvalue weighted by Crippen LogP contribution is 2.29. The van der Waals surface area contributed by atoms with Crippen molar-refractivity contribution in [3.8, 4) is 0 Å². The molecule has 0 atom stereocenters. The average Bonchev–Trinajstić information content (AvgIpc) is 3.12. The number of halogens is 2. The summed E-state index contributed by atoms with van der Waals surface area (Å²) in [5.41, 5.74) is 0. The van der Waals surface area contributed by atoms with Crippen molar-refractivity contribution >= 4 is 52.0 Å². The quantitative estimate of drug-likeness (QED) is 0.350. The monoisotopic (exact) mass is 397 g/mol. The summed E-state index contributed by atoms with van der Waals surface area (Å²) in [7, 11) is 0.